The number of carbonyl (C=O) groups is 1. The van der Waals surface area contributed by atoms with Crippen molar-refractivity contribution in [3.63, 3.8) is 0 Å². The second kappa shape index (κ2) is 7.14. The van der Waals surface area contributed by atoms with E-state index < -0.39 is 0 Å². The van der Waals surface area contributed by atoms with Crippen LogP contribution < -0.4 is 15.8 Å². The Kier molecular flexibility index (Phi) is 5.83. The number of amides is 1. The van der Waals surface area contributed by atoms with Crippen LogP contribution in [0, 0.1) is 19.8 Å². The van der Waals surface area contributed by atoms with Crippen molar-refractivity contribution in [2.45, 2.75) is 33.7 Å². The molecule has 1 aromatic rings. The molecule has 1 unspecified atom stereocenters. The van der Waals surface area contributed by atoms with Crippen molar-refractivity contribution in [1.29, 1.82) is 0 Å². The largest absolute Gasteiger partial charge is 0.496 e. The van der Waals surface area contributed by atoms with Crippen LogP contribution in [-0.4, -0.2) is 19.6 Å². The molecule has 1 amide bonds. The Labute approximate surface area is 115 Å². The van der Waals surface area contributed by atoms with Crippen molar-refractivity contribution in [2.24, 2.45) is 11.7 Å². The Balaban J connectivity index is 2.63. The Morgan fingerprint density at radius 3 is 2.63 bits per heavy atom. The predicted octanol–water partition coefficient (Wildman–Crippen LogP) is 1.91. The third-order valence-electron chi connectivity index (χ3n) is 3.27. The monoisotopic (exact) mass is 264 g/mol. The fourth-order valence-electron chi connectivity index (χ4n) is 1.93. The molecule has 1 aromatic carbocycles. The molecule has 19 heavy (non-hydrogen) atoms. The minimum Gasteiger partial charge on any atom is -0.496 e. The van der Waals surface area contributed by atoms with Crippen LogP contribution >= 0.6 is 0 Å². The van der Waals surface area contributed by atoms with Gasteiger partial charge in [0.05, 0.1) is 7.11 Å². The lowest BCUT2D eigenvalue weighted by atomic mass is 10.0. The third-order valence-corrected chi connectivity index (χ3v) is 3.27. The number of nitrogens with two attached hydrogens (primary N) is 1. The van der Waals surface area contributed by atoms with Crippen molar-refractivity contribution in [3.8, 4) is 5.75 Å². The zero-order chi connectivity index (χ0) is 14.4. The molecule has 0 aliphatic rings. The van der Waals surface area contributed by atoms with Gasteiger partial charge in [0, 0.05) is 13.0 Å². The first kappa shape index (κ1) is 15.5. The van der Waals surface area contributed by atoms with Gasteiger partial charge >= 0.3 is 0 Å². The molecular formula is C15H24N2O2. The zero-order valence-electron chi connectivity index (χ0n) is 12.2. The Bertz CT molecular complexity index is 444. The summed E-state index contributed by atoms with van der Waals surface area (Å²) in [6.07, 6.45) is 0.477. The lowest BCUT2D eigenvalue weighted by Crippen LogP contribution is -2.27. The smallest absolute Gasteiger partial charge is 0.220 e. The van der Waals surface area contributed by atoms with Gasteiger partial charge in [-0.25, -0.2) is 0 Å². The highest BCUT2D eigenvalue weighted by Crippen LogP contribution is 2.22. The molecule has 0 aromatic heterocycles. The van der Waals surface area contributed by atoms with E-state index in [9.17, 15) is 4.79 Å². The molecule has 0 aliphatic heterocycles. The molecule has 4 heteroatoms. The summed E-state index contributed by atoms with van der Waals surface area (Å²) < 4.78 is 5.27. The highest BCUT2D eigenvalue weighted by molar-refractivity contribution is 5.76. The molecule has 1 atom stereocenters. The molecule has 1 rings (SSSR count). The van der Waals surface area contributed by atoms with Crippen LogP contribution in [0.2, 0.25) is 0 Å². The summed E-state index contributed by atoms with van der Waals surface area (Å²) in [6.45, 7) is 7.08. The van der Waals surface area contributed by atoms with Gasteiger partial charge in [-0.05, 0) is 49.1 Å². The van der Waals surface area contributed by atoms with Gasteiger partial charge < -0.3 is 15.8 Å². The van der Waals surface area contributed by atoms with Crippen molar-refractivity contribution >= 4 is 5.91 Å². The van der Waals surface area contributed by atoms with Crippen molar-refractivity contribution in [2.75, 3.05) is 13.7 Å². The molecule has 0 spiro atoms. The molecular weight excluding hydrogens is 240 g/mol. The number of carbonyl (C=O) groups excluding carboxylic acids is 1. The van der Waals surface area contributed by atoms with Crippen molar-refractivity contribution < 1.29 is 9.53 Å². The molecule has 0 bridgehead atoms. The Morgan fingerprint density at radius 2 is 2.05 bits per heavy atom. The van der Waals surface area contributed by atoms with Gasteiger partial charge in [0.25, 0.3) is 0 Å². The van der Waals surface area contributed by atoms with Gasteiger partial charge in [0.15, 0.2) is 0 Å². The average molecular weight is 264 g/mol. The second-order valence-corrected chi connectivity index (χ2v) is 5.07. The van der Waals surface area contributed by atoms with E-state index in [0.29, 0.717) is 19.5 Å². The number of methoxy groups -OCH3 is 1. The van der Waals surface area contributed by atoms with E-state index in [1.807, 2.05) is 26.8 Å². The number of aryl methyl sites for hydroxylation is 2. The zero-order valence-corrected chi connectivity index (χ0v) is 12.2. The van der Waals surface area contributed by atoms with Gasteiger partial charge in [0.2, 0.25) is 5.91 Å². The highest BCUT2D eigenvalue weighted by atomic mass is 16.5. The summed E-state index contributed by atoms with van der Waals surface area (Å²) in [4.78, 5) is 11.7. The van der Waals surface area contributed by atoms with Crippen LogP contribution in [-0.2, 0) is 11.3 Å². The molecule has 106 valence electrons. The number of hydrogen-bond donors (Lipinski definition) is 2. The van der Waals surface area contributed by atoms with Crippen LogP contribution in [0.4, 0.5) is 0 Å². The number of benzene rings is 1. The maximum Gasteiger partial charge on any atom is 0.220 e. The standard InChI is InChI=1S/C15H24N2O2/c1-10(8-16)5-15(18)17-9-13-6-12(3)14(19-4)7-11(13)2/h6-7,10H,5,8-9,16H2,1-4H3,(H,17,18). The van der Waals surface area contributed by atoms with Crippen LogP contribution in [0.3, 0.4) is 0 Å². The molecule has 3 N–H and O–H groups in total. The molecule has 0 saturated carbocycles. The number of hydrogen-bond acceptors (Lipinski definition) is 3. The predicted molar refractivity (Wildman–Crippen MR) is 77.2 cm³/mol. The van der Waals surface area contributed by atoms with E-state index in [1.165, 1.54) is 0 Å². The first-order valence-corrected chi connectivity index (χ1v) is 6.58. The van der Waals surface area contributed by atoms with E-state index in [2.05, 4.69) is 11.4 Å². The fourth-order valence-corrected chi connectivity index (χ4v) is 1.93. The third kappa shape index (κ3) is 4.56. The summed E-state index contributed by atoms with van der Waals surface area (Å²) in [7, 11) is 1.66. The van der Waals surface area contributed by atoms with Crippen LogP contribution in [0.25, 0.3) is 0 Å². The van der Waals surface area contributed by atoms with Crippen molar-refractivity contribution in [3.05, 3.63) is 28.8 Å². The summed E-state index contributed by atoms with van der Waals surface area (Å²) >= 11 is 0. The SMILES string of the molecule is COc1cc(C)c(CNC(=O)CC(C)CN)cc1C. The lowest BCUT2D eigenvalue weighted by molar-refractivity contribution is -0.122. The topological polar surface area (TPSA) is 64.3 Å². The summed E-state index contributed by atoms with van der Waals surface area (Å²) in [5.41, 5.74) is 8.82. The van der Waals surface area contributed by atoms with Crippen LogP contribution in [0.15, 0.2) is 12.1 Å². The molecule has 0 radical (unpaired) electrons. The van der Waals surface area contributed by atoms with Crippen LogP contribution in [0.1, 0.15) is 30.0 Å². The van der Waals surface area contributed by atoms with Crippen molar-refractivity contribution in [1.82, 2.24) is 5.32 Å². The fraction of sp³-hybridized carbons (Fsp3) is 0.533. The molecule has 0 heterocycles. The molecule has 0 saturated heterocycles. The lowest BCUT2D eigenvalue weighted by Gasteiger charge is -2.13. The Hall–Kier alpha value is -1.55. The summed E-state index contributed by atoms with van der Waals surface area (Å²) in [5.74, 6) is 1.15. The molecule has 0 fully saturated rings. The van der Waals surface area contributed by atoms with Gasteiger partial charge in [-0.3, -0.25) is 4.79 Å². The quantitative estimate of drug-likeness (QED) is 0.825. The highest BCUT2D eigenvalue weighted by Gasteiger charge is 2.09. The first-order chi connectivity index (χ1) is 8.97. The second-order valence-electron chi connectivity index (χ2n) is 5.07. The minimum absolute atomic E-state index is 0.0471. The maximum atomic E-state index is 11.7. The van der Waals surface area contributed by atoms with Gasteiger partial charge in [0.1, 0.15) is 5.75 Å². The van der Waals surface area contributed by atoms with E-state index in [0.717, 1.165) is 22.4 Å². The minimum atomic E-state index is 0.0471. The number of nitrogens with one attached hydrogen (secondary N) is 1. The number of rotatable bonds is 6. The Morgan fingerprint density at radius 1 is 1.37 bits per heavy atom. The number of ether oxygens (including phenoxy) is 1. The van der Waals surface area contributed by atoms with Gasteiger partial charge in [-0.2, -0.15) is 0 Å². The summed E-state index contributed by atoms with van der Waals surface area (Å²) in [6, 6.07) is 4.06. The van der Waals surface area contributed by atoms with E-state index >= 15 is 0 Å². The van der Waals surface area contributed by atoms with E-state index in [4.69, 9.17) is 10.5 Å². The van der Waals surface area contributed by atoms with E-state index in [-0.39, 0.29) is 11.8 Å². The van der Waals surface area contributed by atoms with Gasteiger partial charge in [-0.15, -0.1) is 0 Å². The summed E-state index contributed by atoms with van der Waals surface area (Å²) in [5, 5.41) is 2.93. The molecule has 4 nitrogen and oxygen atoms in total. The van der Waals surface area contributed by atoms with Gasteiger partial charge in [-0.1, -0.05) is 13.0 Å². The van der Waals surface area contributed by atoms with Crippen LogP contribution in [0.5, 0.6) is 5.75 Å². The van der Waals surface area contributed by atoms with E-state index in [1.54, 1.807) is 7.11 Å². The molecule has 0 aliphatic carbocycles. The normalized spacial score (nSPS) is 12.1. The first-order valence-electron chi connectivity index (χ1n) is 6.58. The average Bonchev–Trinajstić information content (AvgIpc) is 2.39. The maximum absolute atomic E-state index is 11.7.